The number of hydrogen-bond acceptors (Lipinski definition) is 7. The van der Waals surface area contributed by atoms with Gasteiger partial charge in [0.05, 0.1) is 17.3 Å². The predicted molar refractivity (Wildman–Crippen MR) is 138 cm³/mol. The van der Waals surface area contributed by atoms with Crippen LogP contribution in [0.5, 0.6) is 11.6 Å². The Kier molecular flexibility index (Phi) is 8.22. The lowest BCUT2D eigenvalue weighted by atomic mass is 9.88. The quantitative estimate of drug-likeness (QED) is 0.361. The van der Waals surface area contributed by atoms with Crippen LogP contribution >= 0.6 is 0 Å². The molecule has 13 heteroatoms. The SMILES string of the molecule is CCC/C(N)=C1/C(=Nc2cc(F)c(C3CC3)cc2O)CCN(C(=O)c2cnc(OC(F)(F)F)c(F)c2N)C1CC. The number of aromatic nitrogens is 1. The Bertz CT molecular complexity index is 1370. The average molecular weight is 568 g/mol. The lowest BCUT2D eigenvalue weighted by Crippen LogP contribution is -2.49. The van der Waals surface area contributed by atoms with Crippen molar-refractivity contribution >= 4 is 23.0 Å². The first-order valence-corrected chi connectivity index (χ1v) is 13.0. The number of aliphatic imine (C=N–C) groups is 1. The number of aromatic hydroxyl groups is 1. The van der Waals surface area contributed by atoms with E-state index in [1.54, 1.807) is 6.92 Å². The second kappa shape index (κ2) is 11.3. The lowest BCUT2D eigenvalue weighted by Gasteiger charge is -2.39. The van der Waals surface area contributed by atoms with Gasteiger partial charge < -0.3 is 26.2 Å². The molecule has 5 N–H and O–H groups in total. The fraction of sp³-hybridized carbons (Fsp3) is 0.444. The molecule has 1 atom stereocenters. The molecule has 1 aliphatic heterocycles. The van der Waals surface area contributed by atoms with Gasteiger partial charge in [0.1, 0.15) is 17.3 Å². The molecule has 2 fully saturated rings. The number of anilines is 1. The minimum absolute atomic E-state index is 0.0316. The summed E-state index contributed by atoms with van der Waals surface area (Å²) in [6.45, 7) is 3.76. The van der Waals surface area contributed by atoms with Crippen LogP contribution in [-0.4, -0.2) is 45.6 Å². The Balaban J connectivity index is 1.71. The van der Waals surface area contributed by atoms with Gasteiger partial charge in [-0.05, 0) is 43.2 Å². The van der Waals surface area contributed by atoms with Crippen LogP contribution in [-0.2, 0) is 0 Å². The summed E-state index contributed by atoms with van der Waals surface area (Å²) in [6, 6.07) is 1.90. The Morgan fingerprint density at radius 1 is 1.25 bits per heavy atom. The number of halogens is 5. The van der Waals surface area contributed by atoms with Crippen LogP contribution < -0.4 is 16.2 Å². The third-order valence-electron chi connectivity index (χ3n) is 6.96. The third kappa shape index (κ3) is 5.97. The zero-order valence-corrected chi connectivity index (χ0v) is 22.0. The number of nitrogen functional groups attached to an aromatic ring is 1. The average Bonchev–Trinajstić information content (AvgIpc) is 3.73. The van der Waals surface area contributed by atoms with E-state index in [1.807, 2.05) is 6.92 Å². The molecule has 0 bridgehead atoms. The number of phenolic OH excluding ortho intramolecular Hbond substituents is 1. The van der Waals surface area contributed by atoms with E-state index >= 15 is 0 Å². The Morgan fingerprint density at radius 2 is 1.95 bits per heavy atom. The number of amides is 1. The van der Waals surface area contributed by atoms with Crippen molar-refractivity contribution in [3.8, 4) is 11.6 Å². The van der Waals surface area contributed by atoms with Crippen molar-refractivity contribution < 1.29 is 36.6 Å². The zero-order valence-electron chi connectivity index (χ0n) is 22.0. The number of pyridine rings is 1. The summed E-state index contributed by atoms with van der Waals surface area (Å²) in [5.74, 6) is -4.32. The molecular formula is C27H30F5N5O3. The fourth-order valence-electron chi connectivity index (χ4n) is 4.95. The van der Waals surface area contributed by atoms with E-state index in [0.29, 0.717) is 41.8 Å². The second-order valence-electron chi connectivity index (χ2n) is 9.81. The number of phenols is 1. The molecule has 2 heterocycles. The van der Waals surface area contributed by atoms with Crippen molar-refractivity contribution in [3.05, 3.63) is 52.4 Å². The van der Waals surface area contributed by atoms with E-state index in [2.05, 4.69) is 14.7 Å². The number of likely N-dealkylation sites (tertiary alicyclic amines) is 1. The van der Waals surface area contributed by atoms with Crippen molar-refractivity contribution in [3.63, 3.8) is 0 Å². The summed E-state index contributed by atoms with van der Waals surface area (Å²) in [7, 11) is 0. The molecule has 0 radical (unpaired) electrons. The first-order chi connectivity index (χ1) is 18.9. The number of nitrogens with zero attached hydrogens (tertiary/aromatic N) is 3. The number of benzene rings is 1. The van der Waals surface area contributed by atoms with E-state index in [1.165, 1.54) is 17.0 Å². The molecule has 1 aromatic carbocycles. The highest BCUT2D eigenvalue weighted by Crippen LogP contribution is 2.44. The summed E-state index contributed by atoms with van der Waals surface area (Å²) in [6.07, 6.45) is -1.13. The fourth-order valence-corrected chi connectivity index (χ4v) is 4.95. The Labute approximate surface area is 227 Å². The van der Waals surface area contributed by atoms with E-state index in [9.17, 15) is 31.9 Å². The van der Waals surface area contributed by atoms with Crippen LogP contribution in [0.2, 0.25) is 0 Å². The van der Waals surface area contributed by atoms with Gasteiger partial charge in [0.25, 0.3) is 11.8 Å². The van der Waals surface area contributed by atoms with Gasteiger partial charge in [-0.1, -0.05) is 20.3 Å². The molecule has 1 aromatic heterocycles. The minimum atomic E-state index is -5.20. The van der Waals surface area contributed by atoms with Crippen molar-refractivity contribution in [2.75, 3.05) is 12.3 Å². The Morgan fingerprint density at radius 3 is 2.55 bits per heavy atom. The third-order valence-corrected chi connectivity index (χ3v) is 6.96. The first kappa shape index (κ1) is 29.1. The molecule has 8 nitrogen and oxygen atoms in total. The summed E-state index contributed by atoms with van der Waals surface area (Å²) in [4.78, 5) is 22.8. The Hall–Kier alpha value is -3.90. The van der Waals surface area contributed by atoms with Gasteiger partial charge in [-0.3, -0.25) is 4.79 Å². The molecule has 0 spiro atoms. The van der Waals surface area contributed by atoms with Crippen molar-refractivity contribution in [2.24, 2.45) is 10.7 Å². The van der Waals surface area contributed by atoms with Crippen LogP contribution in [0.25, 0.3) is 0 Å². The molecule has 1 saturated carbocycles. The molecular weight excluding hydrogens is 537 g/mol. The van der Waals surface area contributed by atoms with E-state index in [0.717, 1.165) is 19.0 Å². The highest BCUT2D eigenvalue weighted by molar-refractivity contribution is 6.07. The molecule has 2 aliphatic rings. The number of allylic oxidation sites excluding steroid dienone is 1. The first-order valence-electron chi connectivity index (χ1n) is 13.0. The van der Waals surface area contributed by atoms with Crippen LogP contribution in [0.3, 0.4) is 0 Å². The summed E-state index contributed by atoms with van der Waals surface area (Å²) < 4.78 is 70.6. The van der Waals surface area contributed by atoms with E-state index < -0.39 is 47.1 Å². The highest BCUT2D eigenvalue weighted by atomic mass is 19.4. The summed E-state index contributed by atoms with van der Waals surface area (Å²) in [5, 5.41) is 10.6. The van der Waals surface area contributed by atoms with E-state index in [-0.39, 0.29) is 30.3 Å². The van der Waals surface area contributed by atoms with Gasteiger partial charge >= 0.3 is 6.36 Å². The molecule has 1 saturated heterocycles. The standard InChI is InChI=1S/C27H30F5N5O3/c1-3-5-17(33)22-18(36-19-11-16(28)14(10-21(19)38)13-6-7-13)8-9-37(20(22)4-2)26(39)15-12-35-25(23(29)24(15)34)40-27(30,31)32/h10-13,20,38H,3-9,33H2,1-2H3,(H2,34,35)/b22-17+,36-18?. The number of piperidine rings is 1. The molecule has 216 valence electrons. The largest absolute Gasteiger partial charge is 0.574 e. The maximum absolute atomic E-state index is 14.8. The van der Waals surface area contributed by atoms with Gasteiger partial charge in [-0.15, -0.1) is 13.2 Å². The van der Waals surface area contributed by atoms with Crippen LogP contribution in [0.1, 0.15) is 74.2 Å². The smallest absolute Gasteiger partial charge is 0.506 e. The number of ether oxygens (including phenoxy) is 1. The number of rotatable bonds is 7. The van der Waals surface area contributed by atoms with Gasteiger partial charge in [-0.2, -0.15) is 4.39 Å². The topological polar surface area (TPSA) is 127 Å². The number of hydrogen-bond donors (Lipinski definition) is 3. The highest BCUT2D eigenvalue weighted by Gasteiger charge is 2.38. The molecule has 2 aromatic rings. The number of carbonyl (C=O) groups excluding carboxylic acids is 1. The summed E-state index contributed by atoms with van der Waals surface area (Å²) in [5.41, 5.74) is 12.8. The molecule has 1 amide bonds. The van der Waals surface area contributed by atoms with Gasteiger partial charge in [-0.25, -0.2) is 14.4 Å². The van der Waals surface area contributed by atoms with Crippen LogP contribution in [0, 0.1) is 11.6 Å². The zero-order chi connectivity index (χ0) is 29.4. The number of carbonyl (C=O) groups is 1. The maximum atomic E-state index is 14.8. The van der Waals surface area contributed by atoms with Crippen LogP contribution in [0.15, 0.2) is 34.6 Å². The summed E-state index contributed by atoms with van der Waals surface area (Å²) >= 11 is 0. The van der Waals surface area contributed by atoms with Gasteiger partial charge in [0.15, 0.2) is 0 Å². The van der Waals surface area contributed by atoms with E-state index in [4.69, 9.17) is 11.5 Å². The van der Waals surface area contributed by atoms with Crippen molar-refractivity contribution in [2.45, 2.75) is 70.7 Å². The van der Waals surface area contributed by atoms with Gasteiger partial charge in [0, 0.05) is 42.2 Å². The maximum Gasteiger partial charge on any atom is 0.574 e. The van der Waals surface area contributed by atoms with Gasteiger partial charge in [0.2, 0.25) is 5.82 Å². The van der Waals surface area contributed by atoms with Crippen LogP contribution in [0.4, 0.5) is 33.3 Å². The second-order valence-corrected chi connectivity index (χ2v) is 9.81. The monoisotopic (exact) mass is 567 g/mol. The molecule has 1 aliphatic carbocycles. The predicted octanol–water partition coefficient (Wildman–Crippen LogP) is 5.83. The number of alkyl halides is 3. The molecule has 4 rings (SSSR count). The van der Waals surface area contributed by atoms with Crippen molar-refractivity contribution in [1.29, 1.82) is 0 Å². The molecule has 40 heavy (non-hydrogen) atoms. The lowest BCUT2D eigenvalue weighted by molar-refractivity contribution is -0.277. The minimum Gasteiger partial charge on any atom is -0.506 e. The normalized spacial score (nSPS) is 20.1. The molecule has 1 unspecified atom stereocenters. The van der Waals surface area contributed by atoms with Crippen molar-refractivity contribution in [1.82, 2.24) is 9.88 Å². The number of nitrogens with two attached hydrogens (primary N) is 2.